The molecule has 0 spiro atoms. The Labute approximate surface area is 160 Å². The summed E-state index contributed by atoms with van der Waals surface area (Å²) in [5.74, 6) is 0. The first-order chi connectivity index (χ1) is 12.4. The Bertz CT molecular complexity index is 246. The average Bonchev–Trinajstić information content (AvgIpc) is 2.63. The Hall–Kier alpha value is -0.300. The van der Waals surface area contributed by atoms with Crippen LogP contribution in [0.5, 0.6) is 0 Å². The van der Waals surface area contributed by atoms with E-state index in [9.17, 15) is 0 Å². The van der Waals surface area contributed by atoms with Gasteiger partial charge in [0.25, 0.3) is 0 Å². The highest BCUT2D eigenvalue weighted by Gasteiger charge is 1.93. The zero-order chi connectivity index (χ0) is 18.3. The standard InChI is InChI=1S/C24H48O/c1-3-5-7-9-10-11-12-13-14-15-16-17-18-19-20-22-24-25-23-21-8-6-4-2/h13-14H,3-12,15-24H2,1-2H3. The van der Waals surface area contributed by atoms with Gasteiger partial charge in [-0.15, -0.1) is 0 Å². The smallest absolute Gasteiger partial charge is 0.0466 e. The molecule has 150 valence electrons. The number of unbranched alkanes of at least 4 members (excludes halogenated alkanes) is 15. The monoisotopic (exact) mass is 352 g/mol. The molecule has 0 aromatic rings. The van der Waals surface area contributed by atoms with E-state index in [2.05, 4.69) is 26.0 Å². The van der Waals surface area contributed by atoms with Gasteiger partial charge in [0.1, 0.15) is 0 Å². The summed E-state index contributed by atoms with van der Waals surface area (Å²) in [5, 5.41) is 0. The number of hydrogen-bond donors (Lipinski definition) is 0. The zero-order valence-corrected chi connectivity index (χ0v) is 17.7. The highest BCUT2D eigenvalue weighted by molar-refractivity contribution is 4.81. The summed E-state index contributed by atoms with van der Waals surface area (Å²) in [7, 11) is 0. The van der Waals surface area contributed by atoms with E-state index in [0.717, 1.165) is 13.2 Å². The predicted molar refractivity (Wildman–Crippen MR) is 114 cm³/mol. The van der Waals surface area contributed by atoms with Gasteiger partial charge in [-0.05, 0) is 38.5 Å². The summed E-state index contributed by atoms with van der Waals surface area (Å²) in [6, 6.07) is 0. The minimum atomic E-state index is 0.977. The summed E-state index contributed by atoms with van der Waals surface area (Å²) in [5.41, 5.74) is 0. The van der Waals surface area contributed by atoms with Crippen molar-refractivity contribution in [3.63, 3.8) is 0 Å². The van der Waals surface area contributed by atoms with Crippen LogP contribution in [0, 0.1) is 0 Å². The second kappa shape index (κ2) is 23.7. The molecule has 0 aromatic carbocycles. The van der Waals surface area contributed by atoms with Crippen molar-refractivity contribution in [3.8, 4) is 0 Å². The van der Waals surface area contributed by atoms with E-state index in [1.54, 1.807) is 0 Å². The van der Waals surface area contributed by atoms with Crippen LogP contribution in [-0.2, 0) is 4.74 Å². The van der Waals surface area contributed by atoms with Crippen molar-refractivity contribution in [1.82, 2.24) is 0 Å². The maximum absolute atomic E-state index is 5.69. The first-order valence-electron chi connectivity index (χ1n) is 11.6. The number of hydrogen-bond acceptors (Lipinski definition) is 1. The van der Waals surface area contributed by atoms with Crippen molar-refractivity contribution < 1.29 is 4.74 Å². The molecule has 0 heterocycles. The fourth-order valence-electron chi connectivity index (χ4n) is 3.18. The molecule has 0 saturated carbocycles. The molecule has 1 nitrogen and oxygen atoms in total. The molecule has 0 saturated heterocycles. The van der Waals surface area contributed by atoms with Crippen LogP contribution in [0.15, 0.2) is 12.2 Å². The molecule has 0 unspecified atom stereocenters. The van der Waals surface area contributed by atoms with Crippen molar-refractivity contribution in [2.45, 2.75) is 129 Å². The van der Waals surface area contributed by atoms with Gasteiger partial charge in [0.05, 0.1) is 0 Å². The van der Waals surface area contributed by atoms with Crippen LogP contribution < -0.4 is 0 Å². The molecule has 0 bridgehead atoms. The third-order valence-corrected chi connectivity index (χ3v) is 4.94. The lowest BCUT2D eigenvalue weighted by atomic mass is 10.1. The summed E-state index contributed by atoms with van der Waals surface area (Å²) in [6.07, 6.45) is 29.3. The van der Waals surface area contributed by atoms with Gasteiger partial charge >= 0.3 is 0 Å². The molecular weight excluding hydrogens is 304 g/mol. The van der Waals surface area contributed by atoms with Gasteiger partial charge in [-0.2, -0.15) is 0 Å². The van der Waals surface area contributed by atoms with Gasteiger partial charge in [-0.1, -0.05) is 103 Å². The highest BCUT2D eigenvalue weighted by Crippen LogP contribution is 2.10. The minimum Gasteiger partial charge on any atom is -0.381 e. The number of rotatable bonds is 21. The van der Waals surface area contributed by atoms with Gasteiger partial charge in [-0.3, -0.25) is 0 Å². The van der Waals surface area contributed by atoms with E-state index in [4.69, 9.17) is 4.74 Å². The fraction of sp³-hybridized carbons (Fsp3) is 0.917. The van der Waals surface area contributed by atoms with Gasteiger partial charge in [0.15, 0.2) is 0 Å². The molecule has 0 aliphatic rings. The van der Waals surface area contributed by atoms with E-state index in [-0.39, 0.29) is 0 Å². The normalized spacial score (nSPS) is 11.6. The predicted octanol–water partition coefficient (Wildman–Crippen LogP) is 8.62. The Morgan fingerprint density at radius 1 is 0.440 bits per heavy atom. The second-order valence-corrected chi connectivity index (χ2v) is 7.61. The van der Waals surface area contributed by atoms with Crippen molar-refractivity contribution in [3.05, 3.63) is 12.2 Å². The molecule has 25 heavy (non-hydrogen) atoms. The highest BCUT2D eigenvalue weighted by atomic mass is 16.5. The molecule has 0 N–H and O–H groups in total. The van der Waals surface area contributed by atoms with Gasteiger partial charge in [-0.25, -0.2) is 0 Å². The Morgan fingerprint density at radius 2 is 0.800 bits per heavy atom. The lowest BCUT2D eigenvalue weighted by Crippen LogP contribution is -1.97. The SMILES string of the molecule is CCCCCCCCC=CCCCCCCCCOCCCCCC. The van der Waals surface area contributed by atoms with Crippen LogP contribution in [0.1, 0.15) is 129 Å². The Morgan fingerprint density at radius 3 is 1.28 bits per heavy atom. The maximum Gasteiger partial charge on any atom is 0.0466 e. The molecule has 0 aliphatic heterocycles. The lowest BCUT2D eigenvalue weighted by Gasteiger charge is -2.04. The molecular formula is C24H48O. The van der Waals surface area contributed by atoms with Crippen LogP contribution >= 0.6 is 0 Å². The van der Waals surface area contributed by atoms with Crippen molar-refractivity contribution in [2.24, 2.45) is 0 Å². The lowest BCUT2D eigenvalue weighted by molar-refractivity contribution is 0.125. The first-order valence-corrected chi connectivity index (χ1v) is 11.6. The maximum atomic E-state index is 5.69. The van der Waals surface area contributed by atoms with Gasteiger partial charge < -0.3 is 4.74 Å². The summed E-state index contributed by atoms with van der Waals surface area (Å²) >= 11 is 0. The van der Waals surface area contributed by atoms with E-state index in [1.807, 2.05) is 0 Å². The molecule has 0 atom stereocenters. The van der Waals surface area contributed by atoms with Gasteiger partial charge in [0.2, 0.25) is 0 Å². The number of ether oxygens (including phenoxy) is 1. The first kappa shape index (κ1) is 24.7. The summed E-state index contributed by atoms with van der Waals surface area (Å²) in [4.78, 5) is 0. The van der Waals surface area contributed by atoms with Crippen LogP contribution in [-0.4, -0.2) is 13.2 Å². The molecule has 0 aromatic heterocycles. The van der Waals surface area contributed by atoms with E-state index < -0.39 is 0 Å². The van der Waals surface area contributed by atoms with Crippen LogP contribution in [0.4, 0.5) is 0 Å². The zero-order valence-electron chi connectivity index (χ0n) is 17.7. The fourth-order valence-corrected chi connectivity index (χ4v) is 3.18. The summed E-state index contributed by atoms with van der Waals surface area (Å²) < 4.78 is 5.69. The van der Waals surface area contributed by atoms with Crippen LogP contribution in [0.3, 0.4) is 0 Å². The molecule has 0 radical (unpaired) electrons. The largest absolute Gasteiger partial charge is 0.381 e. The Balaban J connectivity index is 3.03. The summed E-state index contributed by atoms with van der Waals surface area (Å²) in [6.45, 7) is 6.50. The van der Waals surface area contributed by atoms with Crippen LogP contribution in [0.25, 0.3) is 0 Å². The Kier molecular flexibility index (Phi) is 23.4. The average molecular weight is 353 g/mol. The molecule has 0 aliphatic carbocycles. The molecule has 0 rings (SSSR count). The van der Waals surface area contributed by atoms with E-state index in [1.165, 1.54) is 116 Å². The number of allylic oxidation sites excluding steroid dienone is 2. The molecule has 0 fully saturated rings. The minimum absolute atomic E-state index is 0.977. The van der Waals surface area contributed by atoms with Crippen molar-refractivity contribution >= 4 is 0 Å². The van der Waals surface area contributed by atoms with Gasteiger partial charge in [0, 0.05) is 13.2 Å². The quantitative estimate of drug-likeness (QED) is 0.148. The third-order valence-electron chi connectivity index (χ3n) is 4.94. The second-order valence-electron chi connectivity index (χ2n) is 7.61. The molecule has 1 heteroatoms. The van der Waals surface area contributed by atoms with E-state index >= 15 is 0 Å². The molecule has 0 amide bonds. The topological polar surface area (TPSA) is 9.23 Å². The van der Waals surface area contributed by atoms with Crippen molar-refractivity contribution in [1.29, 1.82) is 0 Å². The van der Waals surface area contributed by atoms with E-state index in [0.29, 0.717) is 0 Å². The third kappa shape index (κ3) is 23.7. The van der Waals surface area contributed by atoms with Crippen LogP contribution in [0.2, 0.25) is 0 Å². The van der Waals surface area contributed by atoms with Crippen molar-refractivity contribution in [2.75, 3.05) is 13.2 Å².